The monoisotopic (exact) mass is 427 g/mol. The third-order valence-corrected chi connectivity index (χ3v) is 5.65. The van der Waals surface area contributed by atoms with E-state index >= 15 is 0 Å². The molecule has 31 heavy (non-hydrogen) atoms. The molecule has 8 nitrogen and oxygen atoms in total. The number of nitro benzene ring substituents is 1. The van der Waals surface area contributed by atoms with Gasteiger partial charge in [-0.05, 0) is 56.3 Å². The van der Waals surface area contributed by atoms with Crippen LogP contribution in [0.5, 0.6) is 11.5 Å². The van der Waals surface area contributed by atoms with Crippen LogP contribution in [0.25, 0.3) is 0 Å². The molecule has 2 aromatic carbocycles. The van der Waals surface area contributed by atoms with Crippen molar-refractivity contribution in [3.63, 3.8) is 0 Å². The Balaban J connectivity index is 1.72. The topological polar surface area (TPSA) is 93.9 Å². The molecule has 0 amide bonds. The Labute approximate surface area is 182 Å². The maximum absolute atomic E-state index is 12.6. The quantitative estimate of drug-likeness (QED) is 0.352. The summed E-state index contributed by atoms with van der Waals surface area (Å²) in [5.41, 5.74) is 1.45. The van der Waals surface area contributed by atoms with Crippen molar-refractivity contribution in [2.75, 3.05) is 40.4 Å². The number of methoxy groups -OCH3 is 2. The molecule has 1 unspecified atom stereocenters. The van der Waals surface area contributed by atoms with Crippen LogP contribution in [0.1, 0.15) is 41.2 Å². The molecule has 0 radical (unpaired) electrons. The second kappa shape index (κ2) is 10.9. The molecule has 1 aliphatic heterocycles. The van der Waals surface area contributed by atoms with Crippen LogP contribution in [0.3, 0.4) is 0 Å². The first-order valence-electron chi connectivity index (χ1n) is 10.5. The summed E-state index contributed by atoms with van der Waals surface area (Å²) in [6, 6.07) is 11.5. The number of rotatable bonds is 10. The van der Waals surface area contributed by atoms with E-state index in [1.807, 2.05) is 18.2 Å². The second-order valence-electron chi connectivity index (χ2n) is 7.58. The number of carbonyl (C=O) groups excluding carboxylic acids is 1. The van der Waals surface area contributed by atoms with Gasteiger partial charge in [-0.15, -0.1) is 0 Å². The molecule has 2 aromatic rings. The summed E-state index contributed by atoms with van der Waals surface area (Å²) in [7, 11) is 3.30. The van der Waals surface area contributed by atoms with E-state index in [2.05, 4.69) is 10.2 Å². The zero-order chi connectivity index (χ0) is 22.2. The van der Waals surface area contributed by atoms with E-state index in [1.54, 1.807) is 14.2 Å². The minimum absolute atomic E-state index is 0.0280. The lowest BCUT2D eigenvalue weighted by atomic mass is 10.00. The molecule has 1 saturated heterocycles. The largest absolute Gasteiger partial charge is 0.497 e. The van der Waals surface area contributed by atoms with Crippen LogP contribution in [0.4, 0.5) is 5.69 Å². The normalized spacial score (nSPS) is 15.3. The number of Topliss-reactive ketones (excluding diaryl/α,β-unsaturated/α-hetero) is 1. The maximum Gasteiger partial charge on any atom is 0.269 e. The van der Waals surface area contributed by atoms with Crippen molar-refractivity contribution in [2.45, 2.75) is 25.3 Å². The Morgan fingerprint density at radius 3 is 2.42 bits per heavy atom. The van der Waals surface area contributed by atoms with Gasteiger partial charge in [0.1, 0.15) is 11.5 Å². The minimum Gasteiger partial charge on any atom is -0.497 e. The van der Waals surface area contributed by atoms with Crippen molar-refractivity contribution in [3.8, 4) is 11.5 Å². The maximum atomic E-state index is 12.6. The number of ether oxygens (including phenoxy) is 2. The Morgan fingerprint density at radius 2 is 1.81 bits per heavy atom. The predicted molar refractivity (Wildman–Crippen MR) is 118 cm³/mol. The van der Waals surface area contributed by atoms with Crippen molar-refractivity contribution >= 4 is 11.5 Å². The van der Waals surface area contributed by atoms with Crippen LogP contribution in [-0.4, -0.2) is 56.0 Å². The molecule has 0 bridgehead atoms. The van der Waals surface area contributed by atoms with Crippen LogP contribution in [0.15, 0.2) is 42.5 Å². The third kappa shape index (κ3) is 5.80. The molecule has 1 atom stereocenters. The number of nitro groups is 1. The van der Waals surface area contributed by atoms with Crippen molar-refractivity contribution in [3.05, 3.63) is 63.7 Å². The van der Waals surface area contributed by atoms with Crippen molar-refractivity contribution in [1.82, 2.24) is 10.2 Å². The fourth-order valence-corrected chi connectivity index (χ4v) is 3.96. The molecule has 1 N–H and O–H groups in total. The van der Waals surface area contributed by atoms with Crippen molar-refractivity contribution in [1.29, 1.82) is 0 Å². The van der Waals surface area contributed by atoms with E-state index in [1.165, 1.54) is 30.7 Å². The van der Waals surface area contributed by atoms with Gasteiger partial charge in [-0.25, -0.2) is 0 Å². The number of nitrogens with zero attached hydrogens (tertiary/aromatic N) is 2. The van der Waals surface area contributed by atoms with Gasteiger partial charge in [0.05, 0.1) is 31.7 Å². The van der Waals surface area contributed by atoms with Crippen LogP contribution in [-0.2, 0) is 0 Å². The lowest BCUT2D eigenvalue weighted by molar-refractivity contribution is -0.384. The summed E-state index contributed by atoms with van der Waals surface area (Å²) in [6.45, 7) is 2.70. The summed E-state index contributed by atoms with van der Waals surface area (Å²) in [5, 5.41) is 14.1. The highest BCUT2D eigenvalue weighted by atomic mass is 16.6. The van der Waals surface area contributed by atoms with Crippen molar-refractivity contribution < 1.29 is 19.2 Å². The first-order chi connectivity index (χ1) is 15.0. The van der Waals surface area contributed by atoms with E-state index in [-0.39, 0.29) is 24.1 Å². The Kier molecular flexibility index (Phi) is 7.97. The highest BCUT2D eigenvalue weighted by Crippen LogP contribution is 2.34. The number of benzene rings is 2. The number of non-ortho nitro benzene ring substituents is 1. The number of hydrogen-bond donors (Lipinski definition) is 1. The molecule has 0 aromatic heterocycles. The van der Waals surface area contributed by atoms with E-state index in [9.17, 15) is 14.9 Å². The summed E-state index contributed by atoms with van der Waals surface area (Å²) in [6.07, 6.45) is 3.51. The van der Waals surface area contributed by atoms with Gasteiger partial charge < -0.3 is 14.8 Å². The van der Waals surface area contributed by atoms with Crippen LogP contribution in [0, 0.1) is 10.1 Å². The summed E-state index contributed by atoms with van der Waals surface area (Å²) < 4.78 is 11.0. The third-order valence-electron chi connectivity index (χ3n) is 5.65. The minimum atomic E-state index is -0.475. The zero-order valence-electron chi connectivity index (χ0n) is 18.0. The summed E-state index contributed by atoms with van der Waals surface area (Å²) in [4.78, 5) is 25.3. The van der Waals surface area contributed by atoms with E-state index < -0.39 is 4.92 Å². The molecule has 1 fully saturated rings. The van der Waals surface area contributed by atoms with E-state index in [4.69, 9.17) is 9.47 Å². The standard InChI is InChI=1S/C23H29N3O5/c1-30-19-10-11-23(31-2)20(14-19)21(25-12-4-3-5-13-25)15-24-16-22(27)17-6-8-18(9-7-17)26(28)29/h6-11,14,21,24H,3-5,12-13,15-16H2,1-2H3. The average molecular weight is 428 g/mol. The lowest BCUT2D eigenvalue weighted by Crippen LogP contribution is -2.40. The Hall–Kier alpha value is -2.97. The van der Waals surface area contributed by atoms with Gasteiger partial charge in [-0.2, -0.15) is 0 Å². The van der Waals surface area contributed by atoms with Gasteiger partial charge in [0.2, 0.25) is 0 Å². The number of carbonyl (C=O) groups is 1. The van der Waals surface area contributed by atoms with Gasteiger partial charge in [-0.1, -0.05) is 6.42 Å². The molecular formula is C23H29N3O5. The SMILES string of the molecule is COc1ccc(OC)c(C(CNCC(=O)c2ccc([N+](=O)[O-])cc2)N2CCCCC2)c1. The predicted octanol–water partition coefficient (Wildman–Crippen LogP) is 3.61. The van der Waals surface area contributed by atoms with Crippen LogP contribution < -0.4 is 14.8 Å². The van der Waals surface area contributed by atoms with Crippen LogP contribution in [0.2, 0.25) is 0 Å². The van der Waals surface area contributed by atoms with Crippen molar-refractivity contribution in [2.24, 2.45) is 0 Å². The second-order valence-corrected chi connectivity index (χ2v) is 7.58. The van der Waals surface area contributed by atoms with Gasteiger partial charge >= 0.3 is 0 Å². The van der Waals surface area contributed by atoms with E-state index in [0.29, 0.717) is 12.1 Å². The number of likely N-dealkylation sites (tertiary alicyclic amines) is 1. The summed E-state index contributed by atoms with van der Waals surface area (Å²) in [5.74, 6) is 1.45. The molecule has 0 aliphatic carbocycles. The van der Waals surface area contributed by atoms with Crippen LogP contribution >= 0.6 is 0 Å². The van der Waals surface area contributed by atoms with E-state index in [0.717, 1.165) is 43.0 Å². The first kappa shape index (κ1) is 22.7. The number of hydrogen-bond acceptors (Lipinski definition) is 7. The zero-order valence-corrected chi connectivity index (χ0v) is 18.0. The highest BCUT2D eigenvalue weighted by Gasteiger charge is 2.25. The van der Waals surface area contributed by atoms with Gasteiger partial charge in [0.25, 0.3) is 5.69 Å². The Morgan fingerprint density at radius 1 is 1.10 bits per heavy atom. The molecular weight excluding hydrogens is 398 g/mol. The van der Waals surface area contributed by atoms with Gasteiger partial charge in [0, 0.05) is 29.8 Å². The fourth-order valence-electron chi connectivity index (χ4n) is 3.96. The smallest absolute Gasteiger partial charge is 0.269 e. The average Bonchev–Trinajstić information content (AvgIpc) is 2.82. The molecule has 1 aliphatic rings. The molecule has 3 rings (SSSR count). The lowest BCUT2D eigenvalue weighted by Gasteiger charge is -2.35. The number of ketones is 1. The molecule has 0 spiro atoms. The number of piperidine rings is 1. The molecule has 8 heteroatoms. The number of nitrogens with one attached hydrogen (secondary N) is 1. The molecule has 166 valence electrons. The van der Waals surface area contributed by atoms with Gasteiger partial charge in [-0.3, -0.25) is 19.8 Å². The Bertz CT molecular complexity index is 895. The summed E-state index contributed by atoms with van der Waals surface area (Å²) >= 11 is 0. The van der Waals surface area contributed by atoms with Gasteiger partial charge in [0.15, 0.2) is 5.78 Å². The molecule has 0 saturated carbocycles. The fraction of sp³-hybridized carbons (Fsp3) is 0.435. The molecule has 1 heterocycles. The highest BCUT2D eigenvalue weighted by molar-refractivity contribution is 5.97. The first-order valence-corrected chi connectivity index (χ1v) is 10.5.